The molecule has 3 rings (SSSR count). The SMILES string of the molecule is COc1ccc(/C(=C(\N)C(F)(F)F)N2CC3(CC(N(C)N(O)SN)C3)C2)c(N)c1. The van der Waals surface area contributed by atoms with E-state index in [4.69, 9.17) is 21.3 Å². The van der Waals surface area contributed by atoms with E-state index in [0.717, 1.165) is 17.4 Å². The molecule has 0 atom stereocenters. The molecular weight excluding hydrogens is 409 g/mol. The van der Waals surface area contributed by atoms with Crippen LogP contribution in [0.2, 0.25) is 0 Å². The van der Waals surface area contributed by atoms with Crippen LogP contribution in [0, 0.1) is 5.41 Å². The number of nitrogens with two attached hydrogens (primary N) is 3. The Bertz CT molecular complexity index is 792. The molecule has 0 bridgehead atoms. The number of halogens is 3. The van der Waals surface area contributed by atoms with Gasteiger partial charge in [0.2, 0.25) is 0 Å². The fraction of sp³-hybridized carbons (Fsp3) is 0.529. The standard InChI is InChI=1S/C17H25F3N6O2S/c1-24(26(27)29-23)10-6-16(7-10)8-25(9-16)14(15(22)17(18,19)20)12-4-3-11(28-2)5-13(12)21/h3-5,10,27H,6-9,21-23H2,1-2H3/b15-14+. The molecule has 12 heteroatoms. The van der Waals surface area contributed by atoms with Crippen molar-refractivity contribution in [3.8, 4) is 5.75 Å². The summed E-state index contributed by atoms with van der Waals surface area (Å²) in [7, 11) is 3.16. The number of anilines is 1. The average molecular weight is 434 g/mol. The highest BCUT2D eigenvalue weighted by Gasteiger charge is 2.55. The van der Waals surface area contributed by atoms with Gasteiger partial charge >= 0.3 is 6.18 Å². The Kier molecular flexibility index (Phi) is 5.84. The van der Waals surface area contributed by atoms with E-state index in [1.54, 1.807) is 23.0 Å². The molecular formula is C17H25F3N6O2S. The van der Waals surface area contributed by atoms with Gasteiger partial charge in [-0.15, -0.1) is 0 Å². The van der Waals surface area contributed by atoms with Crippen LogP contribution in [-0.2, 0) is 0 Å². The summed E-state index contributed by atoms with van der Waals surface area (Å²) in [5.41, 5.74) is 10.5. The maximum absolute atomic E-state index is 13.4. The smallest absolute Gasteiger partial charge is 0.432 e. The summed E-state index contributed by atoms with van der Waals surface area (Å²) in [5.74, 6) is 0.451. The van der Waals surface area contributed by atoms with Crippen LogP contribution in [0.5, 0.6) is 5.75 Å². The summed E-state index contributed by atoms with van der Waals surface area (Å²) < 4.78 is 46.2. The fourth-order valence-corrected chi connectivity index (χ4v) is 4.38. The van der Waals surface area contributed by atoms with Crippen molar-refractivity contribution in [3.63, 3.8) is 0 Å². The largest absolute Gasteiger partial charge is 0.497 e. The van der Waals surface area contributed by atoms with Gasteiger partial charge in [0.1, 0.15) is 11.4 Å². The van der Waals surface area contributed by atoms with Crippen LogP contribution >= 0.6 is 12.1 Å². The molecule has 1 aromatic rings. The van der Waals surface area contributed by atoms with Crippen LogP contribution in [0.3, 0.4) is 0 Å². The van der Waals surface area contributed by atoms with Crippen LogP contribution in [0.25, 0.3) is 5.70 Å². The van der Waals surface area contributed by atoms with E-state index >= 15 is 0 Å². The van der Waals surface area contributed by atoms with Gasteiger partial charge in [0.15, 0.2) is 0 Å². The number of likely N-dealkylation sites (tertiary alicyclic amines) is 1. The number of hydrazine groups is 1. The Labute approximate surface area is 171 Å². The monoisotopic (exact) mass is 434 g/mol. The van der Waals surface area contributed by atoms with Gasteiger partial charge in [0, 0.05) is 61.0 Å². The van der Waals surface area contributed by atoms with Gasteiger partial charge in [-0.3, -0.25) is 10.3 Å². The van der Waals surface area contributed by atoms with Crippen LogP contribution in [0.1, 0.15) is 18.4 Å². The molecule has 1 aromatic carbocycles. The molecule has 2 fully saturated rings. The van der Waals surface area contributed by atoms with Crippen molar-refractivity contribution in [1.82, 2.24) is 14.5 Å². The Morgan fingerprint density at radius 2 is 1.97 bits per heavy atom. The first-order valence-electron chi connectivity index (χ1n) is 8.86. The molecule has 1 aliphatic heterocycles. The molecule has 0 unspecified atom stereocenters. The van der Waals surface area contributed by atoms with E-state index < -0.39 is 11.9 Å². The molecule has 7 N–H and O–H groups in total. The van der Waals surface area contributed by atoms with Crippen molar-refractivity contribution >= 4 is 23.5 Å². The molecule has 0 radical (unpaired) electrons. The number of hydrogen-bond donors (Lipinski definition) is 4. The van der Waals surface area contributed by atoms with Crippen molar-refractivity contribution in [2.45, 2.75) is 25.1 Å². The van der Waals surface area contributed by atoms with Gasteiger partial charge < -0.3 is 21.1 Å². The number of allylic oxidation sites excluding steroid dienone is 1. The number of rotatable bonds is 6. The first-order valence-corrected chi connectivity index (χ1v) is 9.69. The van der Waals surface area contributed by atoms with E-state index in [1.165, 1.54) is 19.2 Å². The number of ether oxygens (including phenoxy) is 1. The van der Waals surface area contributed by atoms with Crippen LogP contribution in [0.15, 0.2) is 23.9 Å². The van der Waals surface area contributed by atoms with Crippen molar-refractivity contribution in [3.05, 3.63) is 29.5 Å². The molecule has 0 aromatic heterocycles. The number of hydrogen-bond acceptors (Lipinski definition) is 9. The summed E-state index contributed by atoms with van der Waals surface area (Å²) in [6.07, 6.45) is -3.22. The third kappa shape index (κ3) is 4.08. The Morgan fingerprint density at radius 3 is 2.45 bits per heavy atom. The lowest BCUT2D eigenvalue weighted by atomic mass is 9.60. The third-order valence-electron chi connectivity index (χ3n) is 5.67. The first kappa shape index (κ1) is 21.8. The number of benzene rings is 1. The molecule has 0 amide bonds. The Balaban J connectivity index is 1.80. The minimum absolute atomic E-state index is 0.0663. The Hall–Kier alpha value is -1.86. The van der Waals surface area contributed by atoms with E-state index in [-0.39, 0.29) is 28.4 Å². The van der Waals surface area contributed by atoms with Gasteiger partial charge in [-0.05, 0) is 29.6 Å². The highest BCUT2D eigenvalue weighted by atomic mass is 32.2. The zero-order valence-corrected chi connectivity index (χ0v) is 16.9. The van der Waals surface area contributed by atoms with Crippen LogP contribution in [-0.4, -0.2) is 59.2 Å². The van der Waals surface area contributed by atoms with Gasteiger partial charge in [-0.1, -0.05) is 0 Å². The third-order valence-corrected chi connectivity index (χ3v) is 6.12. The van der Waals surface area contributed by atoms with Crippen molar-refractivity contribution in [1.29, 1.82) is 0 Å². The topological polar surface area (TPSA) is 117 Å². The molecule has 2 aliphatic rings. The second kappa shape index (κ2) is 7.76. The van der Waals surface area contributed by atoms with Crippen LogP contribution < -0.4 is 21.3 Å². The lowest BCUT2D eigenvalue weighted by Crippen LogP contribution is -2.66. The predicted molar refractivity (Wildman–Crippen MR) is 105 cm³/mol. The highest BCUT2D eigenvalue weighted by molar-refractivity contribution is 7.94. The van der Waals surface area contributed by atoms with Gasteiger partial charge in [-0.2, -0.15) is 13.2 Å². The molecule has 1 saturated heterocycles. The number of nitrogens with zero attached hydrogens (tertiary/aromatic N) is 3. The zero-order valence-electron chi connectivity index (χ0n) is 16.1. The lowest BCUT2D eigenvalue weighted by Gasteiger charge is -2.62. The maximum atomic E-state index is 13.4. The molecule has 1 aliphatic carbocycles. The first-order chi connectivity index (χ1) is 13.5. The van der Waals surface area contributed by atoms with E-state index in [2.05, 4.69) is 0 Å². The van der Waals surface area contributed by atoms with Crippen molar-refractivity contribution < 1.29 is 23.1 Å². The predicted octanol–water partition coefficient (Wildman–Crippen LogP) is 1.99. The van der Waals surface area contributed by atoms with Crippen molar-refractivity contribution in [2.75, 3.05) is 33.0 Å². The second-order valence-electron chi connectivity index (χ2n) is 7.56. The summed E-state index contributed by atoms with van der Waals surface area (Å²) in [6.45, 7) is 0.853. The molecule has 29 heavy (non-hydrogen) atoms. The van der Waals surface area contributed by atoms with E-state index in [1.807, 2.05) is 0 Å². The summed E-state index contributed by atoms with van der Waals surface area (Å²) >= 11 is 0.681. The second-order valence-corrected chi connectivity index (χ2v) is 8.10. The lowest BCUT2D eigenvalue weighted by molar-refractivity contribution is -0.207. The zero-order chi connectivity index (χ0) is 21.6. The summed E-state index contributed by atoms with van der Waals surface area (Å²) in [5, 5.41) is 16.6. The molecule has 162 valence electrons. The molecule has 1 spiro atoms. The fourth-order valence-electron chi connectivity index (χ4n) is 4.10. The highest BCUT2D eigenvalue weighted by Crippen LogP contribution is 2.53. The van der Waals surface area contributed by atoms with Crippen molar-refractivity contribution in [2.24, 2.45) is 16.3 Å². The quantitative estimate of drug-likeness (QED) is 0.303. The minimum atomic E-state index is -4.68. The normalized spacial score (nSPS) is 20.0. The van der Waals surface area contributed by atoms with E-state index in [9.17, 15) is 18.4 Å². The van der Waals surface area contributed by atoms with Crippen LogP contribution in [0.4, 0.5) is 18.9 Å². The number of nitrogen functional groups attached to an aromatic ring is 1. The average Bonchev–Trinajstić information content (AvgIpc) is 2.60. The minimum Gasteiger partial charge on any atom is -0.497 e. The van der Waals surface area contributed by atoms with Gasteiger partial charge in [0.25, 0.3) is 0 Å². The molecule has 1 heterocycles. The van der Waals surface area contributed by atoms with Gasteiger partial charge in [-0.25, -0.2) is 5.01 Å². The Morgan fingerprint density at radius 1 is 1.34 bits per heavy atom. The molecule has 8 nitrogen and oxygen atoms in total. The summed E-state index contributed by atoms with van der Waals surface area (Å²) in [4.78, 5) is 1.62. The number of alkyl halides is 3. The maximum Gasteiger partial charge on any atom is 0.432 e. The molecule has 1 saturated carbocycles. The summed E-state index contributed by atoms with van der Waals surface area (Å²) in [6, 6.07) is 4.59. The van der Waals surface area contributed by atoms with E-state index in [0.29, 0.717) is 31.0 Å². The number of methoxy groups -OCH3 is 1. The van der Waals surface area contributed by atoms with Gasteiger partial charge in [0.05, 0.1) is 12.8 Å².